The number of nitro benzene ring substituents is 1. The van der Waals surface area contributed by atoms with Crippen molar-refractivity contribution in [3.8, 4) is 11.5 Å². The number of benzene rings is 4. The molecule has 0 amide bonds. The minimum Gasteiger partial charge on any atom is -0.496 e. The third kappa shape index (κ3) is 4.65. The lowest BCUT2D eigenvalue weighted by Gasteiger charge is -2.42. The summed E-state index contributed by atoms with van der Waals surface area (Å²) in [5.41, 5.74) is 0.443. The van der Waals surface area contributed by atoms with Crippen molar-refractivity contribution < 1.29 is 29.0 Å². The first-order valence-corrected chi connectivity index (χ1v) is 13.6. The Morgan fingerprint density at radius 1 is 1.09 bits per heavy atom. The van der Waals surface area contributed by atoms with Gasteiger partial charge in [-0.3, -0.25) is 14.9 Å². The van der Waals surface area contributed by atoms with E-state index in [4.69, 9.17) is 14.2 Å². The number of nitro groups is 1. The van der Waals surface area contributed by atoms with E-state index >= 15 is 0 Å². The molecule has 1 aliphatic heterocycles. The highest BCUT2D eigenvalue weighted by molar-refractivity contribution is 6.04. The van der Waals surface area contributed by atoms with Crippen molar-refractivity contribution in [2.45, 2.75) is 31.7 Å². The number of aromatic nitrogens is 1. The maximum Gasteiger partial charge on any atom is 0.331 e. The van der Waals surface area contributed by atoms with Gasteiger partial charge in [0.15, 0.2) is 6.10 Å². The molecule has 2 heterocycles. The first kappa shape index (κ1) is 27.9. The number of aryl methyl sites for hydroxylation is 1. The molecule has 0 saturated carbocycles. The third-order valence-corrected chi connectivity index (χ3v) is 7.92. The normalized spacial score (nSPS) is 17.6. The number of esters is 1. The Kier molecular flexibility index (Phi) is 6.66. The predicted octanol–water partition coefficient (Wildman–Crippen LogP) is 5.59. The molecule has 1 aromatic heterocycles. The molecule has 0 fully saturated rings. The van der Waals surface area contributed by atoms with E-state index in [2.05, 4.69) is 0 Å². The van der Waals surface area contributed by atoms with Crippen molar-refractivity contribution in [1.29, 1.82) is 0 Å². The van der Waals surface area contributed by atoms with Crippen LogP contribution < -0.4 is 14.9 Å². The van der Waals surface area contributed by atoms with Gasteiger partial charge < -0.3 is 23.9 Å². The summed E-state index contributed by atoms with van der Waals surface area (Å²) in [6, 6.07) is 18.8. The molecule has 0 saturated heterocycles. The molecule has 6 rings (SSSR count). The summed E-state index contributed by atoms with van der Waals surface area (Å²) in [7, 11) is 3.27. The predicted molar refractivity (Wildman–Crippen MR) is 162 cm³/mol. The van der Waals surface area contributed by atoms with Gasteiger partial charge in [0.2, 0.25) is 5.43 Å². The number of methoxy groups -OCH3 is 1. The highest BCUT2D eigenvalue weighted by Gasteiger charge is 2.47. The minimum absolute atomic E-state index is 0.0677. The molecular formula is C33H28N2O8. The quantitative estimate of drug-likeness (QED) is 0.0936. The van der Waals surface area contributed by atoms with E-state index in [0.29, 0.717) is 39.0 Å². The maximum absolute atomic E-state index is 14.0. The van der Waals surface area contributed by atoms with Crippen molar-refractivity contribution >= 4 is 50.3 Å². The molecule has 10 heteroatoms. The molecule has 43 heavy (non-hydrogen) atoms. The second kappa shape index (κ2) is 10.2. The van der Waals surface area contributed by atoms with Crippen molar-refractivity contribution in [3.05, 3.63) is 104 Å². The Morgan fingerprint density at radius 2 is 1.77 bits per heavy atom. The molecule has 0 bridgehead atoms. The van der Waals surface area contributed by atoms with Crippen LogP contribution in [0.1, 0.15) is 31.1 Å². The van der Waals surface area contributed by atoms with Gasteiger partial charge in [-0.05, 0) is 60.5 Å². The smallest absolute Gasteiger partial charge is 0.331 e. The number of non-ortho nitro benzene ring substituents is 1. The lowest BCUT2D eigenvalue weighted by Crippen LogP contribution is -2.51. The number of ether oxygens (including phenoxy) is 3. The Bertz CT molecular complexity index is 2040. The molecule has 0 spiro atoms. The van der Waals surface area contributed by atoms with Gasteiger partial charge in [-0.1, -0.05) is 24.3 Å². The summed E-state index contributed by atoms with van der Waals surface area (Å²) in [6.45, 7) is 3.39. The monoisotopic (exact) mass is 580 g/mol. The Hall–Kier alpha value is -5.22. The van der Waals surface area contributed by atoms with E-state index in [0.717, 1.165) is 10.8 Å². The van der Waals surface area contributed by atoms with E-state index in [1.165, 1.54) is 43.5 Å². The SMILES string of the molecule is COc1cc2c(c3c1c(=O)c1cc4ccccc4cc1n3C)[C@@H](O)[C@@H](OC(=O)/C=C/c1ccc([N+](=O)[O-])cc1)C(C)(C)O2. The molecule has 1 aliphatic rings. The zero-order valence-electron chi connectivity index (χ0n) is 23.9. The van der Waals surface area contributed by atoms with Gasteiger partial charge in [-0.2, -0.15) is 0 Å². The van der Waals surface area contributed by atoms with E-state index < -0.39 is 28.7 Å². The van der Waals surface area contributed by atoms with Crippen LogP contribution in [0.3, 0.4) is 0 Å². The number of pyridine rings is 1. The van der Waals surface area contributed by atoms with Gasteiger partial charge in [0, 0.05) is 36.7 Å². The summed E-state index contributed by atoms with van der Waals surface area (Å²) in [5, 5.41) is 25.3. The lowest BCUT2D eigenvalue weighted by molar-refractivity contribution is -0.384. The van der Waals surface area contributed by atoms with Gasteiger partial charge in [0.25, 0.3) is 5.69 Å². The van der Waals surface area contributed by atoms with Gasteiger partial charge in [0.1, 0.15) is 23.2 Å². The zero-order valence-corrected chi connectivity index (χ0v) is 23.9. The minimum atomic E-state index is -1.35. The molecule has 0 unspecified atom stereocenters. The topological polar surface area (TPSA) is 130 Å². The summed E-state index contributed by atoms with van der Waals surface area (Å²) in [4.78, 5) is 37.3. The first-order valence-electron chi connectivity index (χ1n) is 13.6. The van der Waals surface area contributed by atoms with Crippen LogP contribution >= 0.6 is 0 Å². The summed E-state index contributed by atoms with van der Waals surface area (Å²) < 4.78 is 19.5. The van der Waals surface area contributed by atoms with Crippen molar-refractivity contribution in [3.63, 3.8) is 0 Å². The molecule has 1 N–H and O–H groups in total. The van der Waals surface area contributed by atoms with Crippen molar-refractivity contribution in [2.75, 3.05) is 7.11 Å². The molecule has 2 atom stereocenters. The number of fused-ring (bicyclic) bond motifs is 5. The van der Waals surface area contributed by atoms with Crippen LogP contribution in [-0.4, -0.2) is 39.4 Å². The van der Waals surface area contributed by atoms with Crippen LogP contribution in [0.4, 0.5) is 5.69 Å². The first-order chi connectivity index (χ1) is 20.5. The van der Waals surface area contributed by atoms with Gasteiger partial charge in [-0.15, -0.1) is 0 Å². The fourth-order valence-electron chi connectivity index (χ4n) is 5.79. The van der Waals surface area contributed by atoms with E-state index in [1.807, 2.05) is 41.0 Å². The highest BCUT2D eigenvalue weighted by atomic mass is 16.6. The van der Waals surface area contributed by atoms with E-state index in [1.54, 1.807) is 27.0 Å². The van der Waals surface area contributed by atoms with E-state index in [-0.39, 0.29) is 16.5 Å². The third-order valence-electron chi connectivity index (χ3n) is 7.92. The lowest BCUT2D eigenvalue weighted by atomic mass is 9.86. The number of nitrogens with zero attached hydrogens (tertiary/aromatic N) is 2. The van der Waals surface area contributed by atoms with Crippen LogP contribution in [-0.2, 0) is 16.6 Å². The van der Waals surface area contributed by atoms with Crippen molar-refractivity contribution in [1.82, 2.24) is 4.57 Å². The number of hydrogen-bond acceptors (Lipinski definition) is 8. The molecule has 10 nitrogen and oxygen atoms in total. The average Bonchev–Trinajstić information content (AvgIpc) is 2.99. The fourth-order valence-corrected chi connectivity index (χ4v) is 5.79. The fraction of sp³-hybridized carbons (Fsp3) is 0.212. The second-order valence-electron chi connectivity index (χ2n) is 11.0. The van der Waals surface area contributed by atoms with Crippen LogP contribution in [0.5, 0.6) is 11.5 Å². The number of rotatable bonds is 5. The molecule has 0 aliphatic carbocycles. The van der Waals surface area contributed by atoms with Gasteiger partial charge in [-0.25, -0.2) is 4.79 Å². The molecular weight excluding hydrogens is 552 g/mol. The Labute approximate surface area is 245 Å². The zero-order chi connectivity index (χ0) is 30.6. The van der Waals surface area contributed by atoms with Crippen molar-refractivity contribution in [2.24, 2.45) is 7.05 Å². The largest absolute Gasteiger partial charge is 0.496 e. The molecule has 0 radical (unpaired) electrons. The van der Waals surface area contributed by atoms with E-state index in [9.17, 15) is 24.8 Å². The van der Waals surface area contributed by atoms with Crippen LogP contribution in [0, 0.1) is 10.1 Å². The van der Waals surface area contributed by atoms with Crippen LogP contribution in [0.2, 0.25) is 0 Å². The number of aliphatic hydroxyl groups excluding tert-OH is 1. The summed E-state index contributed by atoms with van der Waals surface area (Å²) in [5.74, 6) is -0.134. The maximum atomic E-state index is 14.0. The van der Waals surface area contributed by atoms with Gasteiger partial charge >= 0.3 is 5.97 Å². The average molecular weight is 581 g/mol. The Morgan fingerprint density at radius 3 is 2.42 bits per heavy atom. The molecule has 4 aromatic carbocycles. The highest BCUT2D eigenvalue weighted by Crippen LogP contribution is 2.47. The van der Waals surface area contributed by atoms with Gasteiger partial charge in [0.05, 0.1) is 34.0 Å². The number of aliphatic hydroxyl groups is 1. The molecule has 5 aromatic rings. The summed E-state index contributed by atoms with van der Waals surface area (Å²) >= 11 is 0. The summed E-state index contributed by atoms with van der Waals surface area (Å²) in [6.07, 6.45) is 0.143. The van der Waals surface area contributed by atoms with Crippen LogP contribution in [0.25, 0.3) is 38.7 Å². The molecule has 218 valence electrons. The second-order valence-corrected chi connectivity index (χ2v) is 11.0. The Balaban J connectivity index is 1.45. The number of hydrogen-bond donors (Lipinski definition) is 1. The number of carbonyl (C=O) groups excluding carboxylic acids is 1. The van der Waals surface area contributed by atoms with Crippen LogP contribution in [0.15, 0.2) is 77.6 Å². The standard InChI is InChI=1S/C33H28N2O8/c1-33(2)32(42-26(36)14-11-18-9-12-21(13-10-18)35(39)40)31(38)28-25(43-33)17-24(41-4)27-29(28)34(3)23-16-20-8-6-5-7-19(20)15-22(23)30(27)37/h5-17,31-32,38H,1-4H3/b14-11+/t31-,32-/m1/s1. The number of carbonyl (C=O) groups is 1.